The molecule has 2 aliphatic rings. The van der Waals surface area contributed by atoms with Gasteiger partial charge in [-0.1, -0.05) is 12.1 Å². The van der Waals surface area contributed by atoms with Gasteiger partial charge in [-0.15, -0.1) is 0 Å². The van der Waals surface area contributed by atoms with Crippen LogP contribution in [0.5, 0.6) is 0 Å². The number of carboxylic acid groups (broad SMARTS) is 2. The van der Waals surface area contributed by atoms with E-state index in [4.69, 9.17) is 0 Å². The van der Waals surface area contributed by atoms with Crippen molar-refractivity contribution in [3.63, 3.8) is 0 Å². The molecule has 2 heterocycles. The molecule has 158 valence electrons. The monoisotopic (exact) mass is 426 g/mol. The van der Waals surface area contributed by atoms with E-state index in [0.717, 1.165) is 5.56 Å². The van der Waals surface area contributed by atoms with Crippen LogP contribution < -0.4 is 5.32 Å². The molecule has 1 amide bonds. The number of carboxylic acids is 2. The van der Waals surface area contributed by atoms with Gasteiger partial charge < -0.3 is 15.1 Å². The van der Waals surface area contributed by atoms with Gasteiger partial charge in [0.05, 0.1) is 11.8 Å². The lowest BCUT2D eigenvalue weighted by Crippen LogP contribution is -2.55. The number of nitrogens with zero attached hydrogens (tertiary/aromatic N) is 1. The fraction of sp³-hybridized carbons (Fsp3) is 0.526. The van der Waals surface area contributed by atoms with Crippen LogP contribution in [0, 0.1) is 5.82 Å². The van der Waals surface area contributed by atoms with Crippen molar-refractivity contribution in [2.24, 2.45) is 0 Å². The summed E-state index contributed by atoms with van der Waals surface area (Å²) in [4.78, 5) is 37.4. The van der Waals surface area contributed by atoms with Crippen molar-refractivity contribution in [1.29, 1.82) is 0 Å². The number of aliphatic carboxylic acids is 2. The molecule has 5 atom stereocenters. The quantitative estimate of drug-likeness (QED) is 0.587. The number of fused-ring (bicyclic) bond motifs is 1. The van der Waals surface area contributed by atoms with E-state index in [0.29, 0.717) is 25.7 Å². The van der Waals surface area contributed by atoms with E-state index >= 15 is 0 Å². The molecule has 0 radical (unpaired) electrons. The molecule has 0 aromatic heterocycles. The van der Waals surface area contributed by atoms with Gasteiger partial charge in [0, 0.05) is 10.8 Å². The van der Waals surface area contributed by atoms with E-state index in [1.54, 1.807) is 12.1 Å². The summed E-state index contributed by atoms with van der Waals surface area (Å²) in [5.74, 6) is -3.33. The fourth-order valence-corrected chi connectivity index (χ4v) is 5.64. The van der Waals surface area contributed by atoms with Gasteiger partial charge in [0.25, 0.3) is 0 Å². The zero-order valence-electron chi connectivity index (χ0n) is 15.6. The lowest BCUT2D eigenvalue weighted by Gasteiger charge is -2.29. The standard InChI is InChI=1S/C19H23FN2O6S/c20-12-7-4-11(5-8-12)6-9-14(18(24)25)21-13-2-1-3-16-22(17(13)23)15(19(26)27)10-29(16)28/h4-5,7-8,13-16,21H,1-3,6,9-10H2,(H,24,25)(H,26,27)/t13-,14?,15-,16+,29+/m1/s1. The highest BCUT2D eigenvalue weighted by Gasteiger charge is 2.48. The van der Waals surface area contributed by atoms with Gasteiger partial charge in [-0.25, -0.2) is 9.18 Å². The van der Waals surface area contributed by atoms with Gasteiger partial charge >= 0.3 is 11.9 Å². The van der Waals surface area contributed by atoms with Crippen LogP contribution in [0.4, 0.5) is 4.39 Å². The van der Waals surface area contributed by atoms with E-state index in [1.807, 2.05) is 0 Å². The number of carbonyl (C=O) groups excluding carboxylic acids is 1. The number of hydrogen-bond acceptors (Lipinski definition) is 5. The van der Waals surface area contributed by atoms with Crippen LogP contribution in [-0.4, -0.2) is 66.4 Å². The van der Waals surface area contributed by atoms with Crippen molar-refractivity contribution in [3.8, 4) is 0 Å². The highest BCUT2D eigenvalue weighted by Crippen LogP contribution is 2.29. The number of amides is 1. The maximum atomic E-state index is 13.0. The molecular formula is C19H23FN2O6S. The van der Waals surface area contributed by atoms with Crippen molar-refractivity contribution in [2.75, 3.05) is 5.75 Å². The Morgan fingerprint density at radius 1 is 1.24 bits per heavy atom. The summed E-state index contributed by atoms with van der Waals surface area (Å²) in [7, 11) is -1.44. The Hall–Kier alpha value is -2.33. The summed E-state index contributed by atoms with van der Waals surface area (Å²) in [6, 6.07) is 2.71. The van der Waals surface area contributed by atoms with E-state index in [1.165, 1.54) is 17.0 Å². The van der Waals surface area contributed by atoms with Crippen LogP contribution in [0.3, 0.4) is 0 Å². The van der Waals surface area contributed by atoms with Crippen molar-refractivity contribution < 1.29 is 33.2 Å². The lowest BCUT2D eigenvalue weighted by molar-refractivity contribution is -0.150. The van der Waals surface area contributed by atoms with Crippen LogP contribution in [0.15, 0.2) is 24.3 Å². The Morgan fingerprint density at radius 3 is 2.55 bits per heavy atom. The Labute approximate surface area is 169 Å². The van der Waals surface area contributed by atoms with E-state index in [-0.39, 0.29) is 18.0 Å². The minimum Gasteiger partial charge on any atom is -0.480 e. The van der Waals surface area contributed by atoms with Gasteiger partial charge in [0.2, 0.25) is 5.91 Å². The molecule has 8 nitrogen and oxygen atoms in total. The van der Waals surface area contributed by atoms with E-state index < -0.39 is 52.1 Å². The van der Waals surface area contributed by atoms with Crippen molar-refractivity contribution in [3.05, 3.63) is 35.6 Å². The summed E-state index contributed by atoms with van der Waals surface area (Å²) < 4.78 is 25.3. The molecule has 2 saturated heterocycles. The molecule has 29 heavy (non-hydrogen) atoms. The molecule has 0 aliphatic carbocycles. The zero-order valence-corrected chi connectivity index (χ0v) is 16.4. The van der Waals surface area contributed by atoms with E-state index in [9.17, 15) is 33.2 Å². The molecule has 3 rings (SSSR count). The van der Waals surface area contributed by atoms with Crippen LogP contribution in [0.1, 0.15) is 31.2 Å². The topological polar surface area (TPSA) is 124 Å². The minimum atomic E-state index is -1.44. The molecule has 2 aliphatic heterocycles. The largest absolute Gasteiger partial charge is 0.480 e. The van der Waals surface area contributed by atoms with E-state index in [2.05, 4.69) is 5.32 Å². The number of halogens is 1. The van der Waals surface area contributed by atoms with Gasteiger partial charge in [0.15, 0.2) is 0 Å². The number of benzene rings is 1. The van der Waals surface area contributed by atoms with Crippen LogP contribution in [0.2, 0.25) is 0 Å². The maximum Gasteiger partial charge on any atom is 0.327 e. The fourth-order valence-electron chi connectivity index (χ4n) is 3.87. The highest BCUT2D eigenvalue weighted by atomic mass is 32.2. The van der Waals surface area contributed by atoms with Crippen LogP contribution in [0.25, 0.3) is 0 Å². The molecule has 1 aromatic rings. The first kappa shape index (κ1) is 21.4. The van der Waals surface area contributed by atoms with Crippen molar-refractivity contribution >= 4 is 28.6 Å². The van der Waals surface area contributed by atoms with Gasteiger partial charge in [-0.2, -0.15) is 0 Å². The molecule has 1 unspecified atom stereocenters. The SMILES string of the molecule is O=C(O)C(CCc1ccc(F)cc1)N[C@@H]1CCC[C@H]2N(C1=O)[C@@H](C(=O)O)C[S@@]2=O. The predicted molar refractivity (Wildman–Crippen MR) is 102 cm³/mol. The first-order valence-electron chi connectivity index (χ1n) is 9.43. The smallest absolute Gasteiger partial charge is 0.327 e. The molecule has 1 aromatic carbocycles. The number of carbonyl (C=O) groups is 3. The average molecular weight is 426 g/mol. The Bertz CT molecular complexity index is 817. The second-order valence-corrected chi connectivity index (χ2v) is 8.95. The molecule has 0 saturated carbocycles. The first-order chi connectivity index (χ1) is 13.8. The highest BCUT2D eigenvalue weighted by molar-refractivity contribution is 7.86. The molecule has 0 bridgehead atoms. The summed E-state index contributed by atoms with van der Waals surface area (Å²) >= 11 is 0. The van der Waals surface area contributed by atoms with Gasteiger partial charge in [-0.05, 0) is 49.8 Å². The Kier molecular flexibility index (Phi) is 6.63. The minimum absolute atomic E-state index is 0.106. The first-order valence-corrected chi connectivity index (χ1v) is 10.8. The lowest BCUT2D eigenvalue weighted by atomic mass is 10.0. The predicted octanol–water partition coefficient (Wildman–Crippen LogP) is 0.724. The summed E-state index contributed by atoms with van der Waals surface area (Å²) in [6.45, 7) is 0. The number of hydrogen-bond donors (Lipinski definition) is 3. The molecule has 10 heteroatoms. The normalized spacial score (nSPS) is 27.9. The average Bonchev–Trinajstić information content (AvgIpc) is 2.91. The third-order valence-electron chi connectivity index (χ3n) is 5.39. The number of aryl methyl sites for hydroxylation is 1. The second-order valence-electron chi connectivity index (χ2n) is 7.31. The maximum absolute atomic E-state index is 13.0. The Morgan fingerprint density at radius 2 is 1.93 bits per heavy atom. The summed E-state index contributed by atoms with van der Waals surface area (Å²) in [6.07, 6.45) is 1.86. The number of nitrogens with one attached hydrogen (secondary N) is 1. The zero-order chi connectivity index (χ0) is 21.1. The third-order valence-corrected chi connectivity index (χ3v) is 7.10. The summed E-state index contributed by atoms with van der Waals surface area (Å²) in [5.41, 5.74) is 0.771. The molecule has 0 spiro atoms. The second kappa shape index (κ2) is 9.00. The molecule has 3 N–H and O–H groups in total. The van der Waals surface area contributed by atoms with Gasteiger partial charge in [0.1, 0.15) is 23.3 Å². The summed E-state index contributed by atoms with van der Waals surface area (Å²) in [5, 5.41) is 21.2. The molecule has 2 fully saturated rings. The van der Waals surface area contributed by atoms with Crippen LogP contribution in [-0.2, 0) is 31.6 Å². The third kappa shape index (κ3) is 4.81. The van der Waals surface area contributed by atoms with Crippen molar-refractivity contribution in [2.45, 2.75) is 55.6 Å². The van der Waals surface area contributed by atoms with Gasteiger partial charge in [-0.3, -0.25) is 19.1 Å². The number of rotatable bonds is 7. The van der Waals surface area contributed by atoms with Crippen LogP contribution >= 0.6 is 0 Å². The Balaban J connectivity index is 1.71. The molecular weight excluding hydrogens is 403 g/mol. The van der Waals surface area contributed by atoms with Crippen molar-refractivity contribution in [1.82, 2.24) is 10.2 Å².